The van der Waals surface area contributed by atoms with Crippen LogP contribution in [0.2, 0.25) is 0 Å². The molecule has 21 heavy (non-hydrogen) atoms. The van der Waals surface area contributed by atoms with Crippen LogP contribution in [0.5, 0.6) is 0 Å². The number of amides is 1. The van der Waals surface area contributed by atoms with Crippen LogP contribution in [0, 0.1) is 0 Å². The van der Waals surface area contributed by atoms with Crippen molar-refractivity contribution in [3.05, 3.63) is 59.7 Å². The Morgan fingerprint density at radius 3 is 2.52 bits per heavy atom. The topological polar surface area (TPSA) is 32.3 Å². The molecule has 3 nitrogen and oxygen atoms in total. The van der Waals surface area contributed by atoms with Gasteiger partial charge in [0.2, 0.25) is 5.91 Å². The van der Waals surface area contributed by atoms with Gasteiger partial charge in [0.15, 0.2) is 0 Å². The normalized spacial score (nSPS) is 13.7. The van der Waals surface area contributed by atoms with Crippen molar-refractivity contribution in [2.75, 3.05) is 16.8 Å². The van der Waals surface area contributed by atoms with E-state index in [0.29, 0.717) is 6.42 Å². The molecule has 0 unspecified atom stereocenters. The predicted octanol–water partition coefficient (Wildman–Crippen LogP) is 3.60. The third-order valence-electron chi connectivity index (χ3n) is 3.97. The van der Waals surface area contributed by atoms with Crippen molar-refractivity contribution in [3.63, 3.8) is 0 Å². The van der Waals surface area contributed by atoms with E-state index >= 15 is 0 Å². The van der Waals surface area contributed by atoms with Gasteiger partial charge in [-0.25, -0.2) is 0 Å². The number of nitrogens with zero attached hydrogens (tertiary/aromatic N) is 1. The van der Waals surface area contributed by atoms with Gasteiger partial charge in [0.05, 0.1) is 0 Å². The Labute approximate surface area is 125 Å². The average molecular weight is 280 g/mol. The summed E-state index contributed by atoms with van der Waals surface area (Å²) in [6, 6.07) is 16.8. The van der Waals surface area contributed by atoms with Crippen LogP contribution in [0.3, 0.4) is 0 Å². The monoisotopic (exact) mass is 280 g/mol. The van der Waals surface area contributed by atoms with Gasteiger partial charge in [0.1, 0.15) is 0 Å². The van der Waals surface area contributed by atoms with E-state index < -0.39 is 0 Å². The third-order valence-corrected chi connectivity index (χ3v) is 3.97. The summed E-state index contributed by atoms with van der Waals surface area (Å²) in [4.78, 5) is 13.8. The zero-order valence-electron chi connectivity index (χ0n) is 12.3. The first kappa shape index (κ1) is 13.7. The molecule has 3 rings (SSSR count). The number of benzene rings is 2. The first-order valence-corrected chi connectivity index (χ1v) is 7.48. The van der Waals surface area contributed by atoms with E-state index in [2.05, 4.69) is 46.6 Å². The van der Waals surface area contributed by atoms with Crippen molar-refractivity contribution >= 4 is 17.3 Å². The third kappa shape index (κ3) is 3.07. The molecule has 0 saturated carbocycles. The summed E-state index contributed by atoms with van der Waals surface area (Å²) in [5.41, 5.74) is 4.94. The maximum absolute atomic E-state index is 11.4. The first-order valence-electron chi connectivity index (χ1n) is 7.48. The number of carbonyl (C=O) groups is 1. The molecule has 0 spiro atoms. The Morgan fingerprint density at radius 2 is 1.81 bits per heavy atom. The fourth-order valence-electron chi connectivity index (χ4n) is 2.72. The smallest absolute Gasteiger partial charge is 0.224 e. The highest BCUT2D eigenvalue weighted by Crippen LogP contribution is 2.25. The quantitative estimate of drug-likeness (QED) is 0.931. The minimum atomic E-state index is 0.0506. The zero-order valence-corrected chi connectivity index (χ0v) is 12.3. The molecule has 1 heterocycles. The van der Waals surface area contributed by atoms with Crippen LogP contribution >= 0.6 is 0 Å². The summed E-state index contributed by atoms with van der Waals surface area (Å²) >= 11 is 0. The molecule has 1 aliphatic rings. The van der Waals surface area contributed by atoms with Crippen LogP contribution < -0.4 is 10.2 Å². The van der Waals surface area contributed by atoms with E-state index in [1.54, 1.807) is 0 Å². The Kier molecular flexibility index (Phi) is 3.91. The highest BCUT2D eigenvalue weighted by atomic mass is 16.1. The van der Waals surface area contributed by atoms with Crippen molar-refractivity contribution < 1.29 is 4.79 Å². The van der Waals surface area contributed by atoms with Gasteiger partial charge < -0.3 is 10.2 Å². The molecular formula is C18H20N2O. The molecule has 0 saturated heterocycles. The lowest BCUT2D eigenvalue weighted by molar-refractivity contribution is -0.115. The Morgan fingerprint density at radius 1 is 1.10 bits per heavy atom. The highest BCUT2D eigenvalue weighted by molar-refractivity contribution is 5.90. The predicted molar refractivity (Wildman–Crippen MR) is 86.6 cm³/mol. The zero-order chi connectivity index (χ0) is 14.7. The van der Waals surface area contributed by atoms with Gasteiger partial charge in [0.25, 0.3) is 0 Å². The second-order valence-corrected chi connectivity index (χ2v) is 5.39. The number of anilines is 2. The molecule has 0 aliphatic carbocycles. The van der Waals surface area contributed by atoms with Gasteiger partial charge in [-0.15, -0.1) is 0 Å². The van der Waals surface area contributed by atoms with Gasteiger partial charge in [-0.3, -0.25) is 4.79 Å². The summed E-state index contributed by atoms with van der Waals surface area (Å²) in [5, 5.41) is 2.88. The van der Waals surface area contributed by atoms with E-state index in [9.17, 15) is 4.79 Å². The first-order chi connectivity index (χ1) is 10.3. The number of hydrogen-bond donors (Lipinski definition) is 1. The van der Waals surface area contributed by atoms with Crippen LogP contribution in [0.15, 0.2) is 48.5 Å². The van der Waals surface area contributed by atoms with Crippen LogP contribution in [0.4, 0.5) is 11.4 Å². The number of fused-ring (bicyclic) bond motifs is 1. The fraction of sp³-hybridized carbons (Fsp3) is 0.278. The van der Waals surface area contributed by atoms with Crippen LogP contribution in [-0.4, -0.2) is 12.5 Å². The van der Waals surface area contributed by atoms with Crippen molar-refractivity contribution in [1.82, 2.24) is 0 Å². The summed E-state index contributed by atoms with van der Waals surface area (Å²) in [7, 11) is 0. The molecular weight excluding hydrogens is 260 g/mol. The van der Waals surface area contributed by atoms with E-state index in [4.69, 9.17) is 0 Å². The maximum Gasteiger partial charge on any atom is 0.224 e. The van der Waals surface area contributed by atoms with Crippen LogP contribution in [0.25, 0.3) is 0 Å². The van der Waals surface area contributed by atoms with E-state index in [1.807, 2.05) is 19.1 Å². The number of carbonyl (C=O) groups excluding carboxylic acids is 1. The molecule has 0 fully saturated rings. The minimum absolute atomic E-state index is 0.0506. The van der Waals surface area contributed by atoms with Gasteiger partial charge in [-0.2, -0.15) is 0 Å². The lowest BCUT2D eigenvalue weighted by atomic mass is 9.99. The molecule has 0 atom stereocenters. The van der Waals surface area contributed by atoms with Crippen LogP contribution in [-0.2, 0) is 17.8 Å². The summed E-state index contributed by atoms with van der Waals surface area (Å²) < 4.78 is 0. The average Bonchev–Trinajstić information content (AvgIpc) is 2.55. The van der Waals surface area contributed by atoms with Gasteiger partial charge in [-0.05, 0) is 41.8 Å². The number of nitrogens with one attached hydrogen (secondary N) is 1. The Hall–Kier alpha value is -2.29. The molecule has 0 aromatic heterocycles. The Bertz CT molecular complexity index is 634. The van der Waals surface area contributed by atoms with Crippen molar-refractivity contribution in [2.24, 2.45) is 0 Å². The lowest BCUT2D eigenvalue weighted by Gasteiger charge is -2.30. The highest BCUT2D eigenvalue weighted by Gasteiger charge is 2.15. The van der Waals surface area contributed by atoms with Gasteiger partial charge in [0, 0.05) is 30.9 Å². The summed E-state index contributed by atoms with van der Waals surface area (Å²) in [5.74, 6) is 0.0506. The van der Waals surface area contributed by atoms with Gasteiger partial charge in [-0.1, -0.05) is 31.2 Å². The molecule has 1 amide bonds. The fourth-order valence-corrected chi connectivity index (χ4v) is 2.72. The SMILES string of the molecule is CCC(=O)Nc1ccc(N2CCc3ccccc3C2)cc1. The largest absolute Gasteiger partial charge is 0.367 e. The van der Waals surface area contributed by atoms with Gasteiger partial charge >= 0.3 is 0 Å². The molecule has 0 bridgehead atoms. The molecule has 1 aliphatic heterocycles. The summed E-state index contributed by atoms with van der Waals surface area (Å²) in [6.07, 6.45) is 1.59. The lowest BCUT2D eigenvalue weighted by Crippen LogP contribution is -2.30. The van der Waals surface area contributed by atoms with Crippen LogP contribution in [0.1, 0.15) is 24.5 Å². The minimum Gasteiger partial charge on any atom is -0.367 e. The summed E-state index contributed by atoms with van der Waals surface area (Å²) in [6.45, 7) is 3.85. The molecule has 108 valence electrons. The molecule has 0 radical (unpaired) electrons. The van der Waals surface area contributed by atoms with E-state index in [-0.39, 0.29) is 5.91 Å². The van der Waals surface area contributed by atoms with E-state index in [0.717, 1.165) is 25.2 Å². The molecule has 1 N–H and O–H groups in total. The van der Waals surface area contributed by atoms with Crippen molar-refractivity contribution in [3.8, 4) is 0 Å². The number of hydrogen-bond acceptors (Lipinski definition) is 2. The molecule has 2 aromatic carbocycles. The number of rotatable bonds is 3. The molecule has 2 aromatic rings. The van der Waals surface area contributed by atoms with Crippen molar-refractivity contribution in [1.29, 1.82) is 0 Å². The maximum atomic E-state index is 11.4. The molecule has 3 heteroatoms. The van der Waals surface area contributed by atoms with Crippen molar-refractivity contribution in [2.45, 2.75) is 26.3 Å². The Balaban J connectivity index is 1.72. The standard InChI is InChI=1S/C18H20N2O/c1-2-18(21)19-16-7-9-17(10-8-16)20-12-11-14-5-3-4-6-15(14)13-20/h3-10H,2,11-13H2,1H3,(H,19,21). The van der Waals surface area contributed by atoms with E-state index in [1.165, 1.54) is 16.8 Å². The second kappa shape index (κ2) is 6.00. The second-order valence-electron chi connectivity index (χ2n) is 5.39.